The molecule has 102 valence electrons. The average molecular weight is 261 g/mol. The Hall–Kier alpha value is -2.15. The summed E-state index contributed by atoms with van der Waals surface area (Å²) in [7, 11) is 1.89. The molecule has 0 bridgehead atoms. The third kappa shape index (κ3) is 3.00. The molecule has 0 spiro atoms. The van der Waals surface area contributed by atoms with Crippen LogP contribution in [-0.2, 0) is 20.0 Å². The molecule has 2 heterocycles. The quantitative estimate of drug-likeness (QED) is 0.548. The number of nitrogen functional groups attached to an aromatic ring is 1. The summed E-state index contributed by atoms with van der Waals surface area (Å²) < 4.78 is 1.77. The molecule has 2 aromatic heterocycles. The van der Waals surface area contributed by atoms with Gasteiger partial charge in [-0.15, -0.1) is 0 Å². The van der Waals surface area contributed by atoms with Crippen molar-refractivity contribution in [1.82, 2.24) is 19.7 Å². The van der Waals surface area contributed by atoms with Crippen LogP contribution in [0.4, 0.5) is 11.6 Å². The third-order valence-corrected chi connectivity index (χ3v) is 2.85. The first-order chi connectivity index (χ1) is 9.13. The topological polar surface area (TPSA) is 93.7 Å². The largest absolute Gasteiger partial charge is 0.364 e. The van der Waals surface area contributed by atoms with E-state index in [1.165, 1.54) is 0 Å². The van der Waals surface area contributed by atoms with Gasteiger partial charge in [-0.05, 0) is 13.0 Å². The van der Waals surface area contributed by atoms with Crippen molar-refractivity contribution >= 4 is 11.6 Å². The Balaban J connectivity index is 2.19. The zero-order chi connectivity index (χ0) is 13.8. The highest BCUT2D eigenvalue weighted by Crippen LogP contribution is 2.19. The second kappa shape index (κ2) is 5.66. The summed E-state index contributed by atoms with van der Waals surface area (Å²) in [6, 6.07) is 1.96. The van der Waals surface area contributed by atoms with Gasteiger partial charge in [0.2, 0.25) is 0 Å². The molecular weight excluding hydrogens is 242 g/mol. The minimum absolute atomic E-state index is 0.617. The number of aromatic nitrogens is 4. The molecule has 2 aromatic rings. The summed E-state index contributed by atoms with van der Waals surface area (Å²) in [4.78, 5) is 8.79. The van der Waals surface area contributed by atoms with Crippen molar-refractivity contribution in [3.63, 3.8) is 0 Å². The second-order valence-electron chi connectivity index (χ2n) is 4.29. The Morgan fingerprint density at radius 2 is 2.05 bits per heavy atom. The minimum Gasteiger partial charge on any atom is -0.364 e. The number of rotatable bonds is 5. The molecule has 0 atom stereocenters. The van der Waals surface area contributed by atoms with Gasteiger partial charge in [-0.2, -0.15) is 5.10 Å². The molecule has 0 amide bonds. The number of hydrogen-bond donors (Lipinski definition) is 3. The van der Waals surface area contributed by atoms with Crippen LogP contribution in [0.3, 0.4) is 0 Å². The predicted molar refractivity (Wildman–Crippen MR) is 74.5 cm³/mol. The van der Waals surface area contributed by atoms with Gasteiger partial charge in [0.25, 0.3) is 0 Å². The Bertz CT molecular complexity index is 561. The van der Waals surface area contributed by atoms with Crippen molar-refractivity contribution in [2.45, 2.75) is 26.8 Å². The van der Waals surface area contributed by atoms with Gasteiger partial charge in [0.1, 0.15) is 17.5 Å². The van der Waals surface area contributed by atoms with Gasteiger partial charge in [0, 0.05) is 25.2 Å². The smallest absolute Gasteiger partial charge is 0.148 e. The van der Waals surface area contributed by atoms with Crippen LogP contribution in [-0.4, -0.2) is 19.7 Å². The second-order valence-corrected chi connectivity index (χ2v) is 4.29. The lowest BCUT2D eigenvalue weighted by Crippen LogP contribution is -2.15. The lowest BCUT2D eigenvalue weighted by atomic mass is 10.3. The van der Waals surface area contributed by atoms with E-state index in [1.807, 2.05) is 33.2 Å². The zero-order valence-corrected chi connectivity index (χ0v) is 11.4. The molecule has 0 saturated heterocycles. The van der Waals surface area contributed by atoms with Crippen molar-refractivity contribution in [2.24, 2.45) is 12.9 Å². The van der Waals surface area contributed by atoms with Gasteiger partial charge in [-0.3, -0.25) is 4.68 Å². The molecule has 0 aliphatic carbocycles. The highest BCUT2D eigenvalue weighted by atomic mass is 15.3. The van der Waals surface area contributed by atoms with Crippen LogP contribution in [0.15, 0.2) is 12.3 Å². The molecular formula is C12H19N7. The molecule has 19 heavy (non-hydrogen) atoms. The Morgan fingerprint density at radius 1 is 1.32 bits per heavy atom. The Labute approximate surface area is 112 Å². The molecule has 0 radical (unpaired) electrons. The van der Waals surface area contributed by atoms with Gasteiger partial charge in [0.15, 0.2) is 0 Å². The van der Waals surface area contributed by atoms with E-state index in [0.717, 1.165) is 29.3 Å². The number of anilines is 2. The SMILES string of the molecule is CCc1nc(NN)c(C)c(NCc2ccn(C)n2)n1. The summed E-state index contributed by atoms with van der Waals surface area (Å²) >= 11 is 0. The van der Waals surface area contributed by atoms with E-state index in [-0.39, 0.29) is 0 Å². The van der Waals surface area contributed by atoms with E-state index in [4.69, 9.17) is 5.84 Å². The molecule has 0 unspecified atom stereocenters. The highest BCUT2D eigenvalue weighted by molar-refractivity contribution is 5.56. The summed E-state index contributed by atoms with van der Waals surface area (Å²) in [6.45, 7) is 4.55. The fraction of sp³-hybridized carbons (Fsp3) is 0.417. The molecule has 7 nitrogen and oxygen atoms in total. The highest BCUT2D eigenvalue weighted by Gasteiger charge is 2.09. The first-order valence-electron chi connectivity index (χ1n) is 6.20. The maximum atomic E-state index is 5.47. The monoisotopic (exact) mass is 261 g/mol. The van der Waals surface area contributed by atoms with E-state index in [9.17, 15) is 0 Å². The van der Waals surface area contributed by atoms with Gasteiger partial charge in [0.05, 0.1) is 12.2 Å². The van der Waals surface area contributed by atoms with Crippen LogP contribution in [0.1, 0.15) is 24.0 Å². The van der Waals surface area contributed by atoms with E-state index >= 15 is 0 Å². The van der Waals surface area contributed by atoms with Crippen molar-refractivity contribution in [2.75, 3.05) is 10.7 Å². The molecule has 7 heteroatoms. The van der Waals surface area contributed by atoms with Gasteiger partial charge < -0.3 is 10.7 Å². The number of aryl methyl sites for hydroxylation is 2. The standard InChI is InChI=1S/C12H19N7/c1-4-10-15-11(8(2)12(16-10)17-13)14-7-9-5-6-19(3)18-9/h5-6H,4,7,13H2,1-3H3,(H2,14,15,16,17). The summed E-state index contributed by atoms with van der Waals surface area (Å²) in [5.74, 6) is 7.65. The van der Waals surface area contributed by atoms with Gasteiger partial charge in [-0.25, -0.2) is 15.8 Å². The van der Waals surface area contributed by atoms with E-state index in [1.54, 1.807) is 4.68 Å². The Morgan fingerprint density at radius 3 is 2.63 bits per heavy atom. The number of hydrazine groups is 1. The molecule has 0 saturated carbocycles. The van der Waals surface area contributed by atoms with Crippen LogP contribution in [0.25, 0.3) is 0 Å². The number of nitrogens with two attached hydrogens (primary N) is 1. The lowest BCUT2D eigenvalue weighted by Gasteiger charge is -2.12. The first kappa shape index (κ1) is 13.3. The third-order valence-electron chi connectivity index (χ3n) is 2.85. The van der Waals surface area contributed by atoms with Crippen LogP contribution in [0.5, 0.6) is 0 Å². The minimum atomic E-state index is 0.617. The summed E-state index contributed by atoms with van der Waals surface area (Å²) in [5, 5.41) is 7.58. The predicted octanol–water partition coefficient (Wildman–Crippen LogP) is 0.979. The number of nitrogens with zero attached hydrogens (tertiary/aromatic N) is 4. The van der Waals surface area contributed by atoms with Crippen molar-refractivity contribution in [3.8, 4) is 0 Å². The molecule has 0 aromatic carbocycles. The maximum Gasteiger partial charge on any atom is 0.148 e. The van der Waals surface area contributed by atoms with Crippen LogP contribution >= 0.6 is 0 Å². The number of nitrogens with one attached hydrogen (secondary N) is 2. The lowest BCUT2D eigenvalue weighted by molar-refractivity contribution is 0.746. The van der Waals surface area contributed by atoms with E-state index < -0.39 is 0 Å². The van der Waals surface area contributed by atoms with E-state index in [0.29, 0.717) is 12.4 Å². The van der Waals surface area contributed by atoms with Crippen LogP contribution in [0.2, 0.25) is 0 Å². The Kier molecular flexibility index (Phi) is 3.96. The van der Waals surface area contributed by atoms with Crippen LogP contribution in [0, 0.1) is 6.92 Å². The van der Waals surface area contributed by atoms with Crippen molar-refractivity contribution < 1.29 is 0 Å². The van der Waals surface area contributed by atoms with Crippen LogP contribution < -0.4 is 16.6 Å². The normalized spacial score (nSPS) is 10.5. The average Bonchev–Trinajstić information content (AvgIpc) is 2.83. The fourth-order valence-electron chi connectivity index (χ4n) is 1.77. The van der Waals surface area contributed by atoms with Crippen molar-refractivity contribution in [3.05, 3.63) is 29.3 Å². The molecule has 0 aliphatic rings. The summed E-state index contributed by atoms with van der Waals surface area (Å²) in [5.41, 5.74) is 4.46. The first-order valence-corrected chi connectivity index (χ1v) is 6.20. The number of hydrogen-bond acceptors (Lipinski definition) is 6. The fourth-order valence-corrected chi connectivity index (χ4v) is 1.77. The molecule has 0 fully saturated rings. The van der Waals surface area contributed by atoms with Crippen molar-refractivity contribution in [1.29, 1.82) is 0 Å². The van der Waals surface area contributed by atoms with Gasteiger partial charge >= 0.3 is 0 Å². The van der Waals surface area contributed by atoms with E-state index in [2.05, 4.69) is 25.8 Å². The molecule has 2 rings (SSSR count). The molecule has 4 N–H and O–H groups in total. The maximum absolute atomic E-state index is 5.47. The summed E-state index contributed by atoms with van der Waals surface area (Å²) in [6.07, 6.45) is 2.67. The molecule has 0 aliphatic heterocycles. The zero-order valence-electron chi connectivity index (χ0n) is 11.4. The van der Waals surface area contributed by atoms with Gasteiger partial charge in [-0.1, -0.05) is 6.92 Å².